The molecule has 0 aliphatic rings. The molecule has 8 heteroatoms. The predicted octanol–water partition coefficient (Wildman–Crippen LogP) is 4.43. The first-order valence-electron chi connectivity index (χ1n) is 9.11. The standard InChI is InChI=1S/C22H21BrN2O4S/c1-30(27,28)25(15-22(26)24-19-9-5-8-18(23)14-19)20-10-12-21(13-11-20)29-16-17-6-3-2-4-7-17/h2-14H,15-16H2,1H3,(H,24,26). The summed E-state index contributed by atoms with van der Waals surface area (Å²) in [6, 6.07) is 23.4. The molecule has 30 heavy (non-hydrogen) atoms. The maximum Gasteiger partial charge on any atom is 0.245 e. The van der Waals surface area contributed by atoms with Crippen molar-refractivity contribution < 1.29 is 17.9 Å². The number of sulfonamides is 1. The summed E-state index contributed by atoms with van der Waals surface area (Å²) < 4.78 is 32.2. The fraction of sp³-hybridized carbons (Fsp3) is 0.136. The summed E-state index contributed by atoms with van der Waals surface area (Å²) in [7, 11) is -3.66. The molecular formula is C22H21BrN2O4S. The maximum absolute atomic E-state index is 12.4. The van der Waals surface area contributed by atoms with Crippen LogP contribution in [0.15, 0.2) is 83.3 Å². The molecule has 0 aliphatic carbocycles. The fourth-order valence-corrected chi connectivity index (χ4v) is 4.00. The molecule has 156 valence electrons. The highest BCUT2D eigenvalue weighted by Gasteiger charge is 2.21. The van der Waals surface area contributed by atoms with Gasteiger partial charge in [-0.25, -0.2) is 8.42 Å². The molecule has 0 bridgehead atoms. The minimum absolute atomic E-state index is 0.338. The van der Waals surface area contributed by atoms with Crippen molar-refractivity contribution in [3.63, 3.8) is 0 Å². The maximum atomic E-state index is 12.4. The number of halogens is 1. The summed E-state index contributed by atoms with van der Waals surface area (Å²) in [4.78, 5) is 12.4. The SMILES string of the molecule is CS(=O)(=O)N(CC(=O)Nc1cccc(Br)c1)c1ccc(OCc2ccccc2)cc1. The molecule has 0 saturated carbocycles. The number of carbonyl (C=O) groups excluding carboxylic acids is 1. The summed E-state index contributed by atoms with van der Waals surface area (Å²) in [5.74, 6) is 0.164. The number of nitrogens with zero attached hydrogens (tertiary/aromatic N) is 1. The van der Waals surface area contributed by atoms with Crippen molar-refractivity contribution in [2.45, 2.75) is 6.61 Å². The van der Waals surface area contributed by atoms with Crippen LogP contribution in [0.4, 0.5) is 11.4 Å². The van der Waals surface area contributed by atoms with Crippen LogP contribution in [-0.2, 0) is 21.4 Å². The Morgan fingerprint density at radius 2 is 1.70 bits per heavy atom. The average molecular weight is 489 g/mol. The molecule has 6 nitrogen and oxygen atoms in total. The van der Waals surface area contributed by atoms with Crippen LogP contribution in [0.3, 0.4) is 0 Å². The van der Waals surface area contributed by atoms with Gasteiger partial charge in [0.15, 0.2) is 0 Å². The van der Waals surface area contributed by atoms with Gasteiger partial charge in [0.05, 0.1) is 11.9 Å². The molecule has 0 spiro atoms. The largest absolute Gasteiger partial charge is 0.489 e. The molecule has 0 heterocycles. The molecule has 0 aliphatic heterocycles. The van der Waals surface area contributed by atoms with Gasteiger partial charge in [-0.05, 0) is 48.0 Å². The lowest BCUT2D eigenvalue weighted by atomic mass is 10.2. The Balaban J connectivity index is 1.68. The lowest BCUT2D eigenvalue weighted by Crippen LogP contribution is -2.37. The minimum Gasteiger partial charge on any atom is -0.489 e. The zero-order valence-electron chi connectivity index (χ0n) is 16.3. The molecule has 0 saturated heterocycles. The number of rotatable bonds is 8. The highest BCUT2D eigenvalue weighted by Crippen LogP contribution is 2.23. The van der Waals surface area contributed by atoms with Gasteiger partial charge in [-0.15, -0.1) is 0 Å². The van der Waals surface area contributed by atoms with Gasteiger partial charge >= 0.3 is 0 Å². The summed E-state index contributed by atoms with van der Waals surface area (Å²) >= 11 is 3.34. The highest BCUT2D eigenvalue weighted by atomic mass is 79.9. The van der Waals surface area contributed by atoms with Crippen LogP contribution >= 0.6 is 15.9 Å². The quantitative estimate of drug-likeness (QED) is 0.508. The van der Waals surface area contributed by atoms with Gasteiger partial charge in [0.25, 0.3) is 0 Å². The third kappa shape index (κ3) is 6.33. The van der Waals surface area contributed by atoms with Crippen molar-refractivity contribution in [1.82, 2.24) is 0 Å². The molecule has 3 aromatic carbocycles. The number of amides is 1. The first-order chi connectivity index (χ1) is 14.3. The van der Waals surface area contributed by atoms with Crippen molar-refractivity contribution in [1.29, 1.82) is 0 Å². The van der Waals surface area contributed by atoms with Crippen molar-refractivity contribution in [2.75, 3.05) is 22.4 Å². The second-order valence-corrected chi connectivity index (χ2v) is 9.42. The zero-order chi connectivity index (χ0) is 21.6. The van der Waals surface area contributed by atoms with Gasteiger partial charge in [-0.2, -0.15) is 0 Å². The summed E-state index contributed by atoms with van der Waals surface area (Å²) in [5.41, 5.74) is 1.99. The Morgan fingerprint density at radius 3 is 2.33 bits per heavy atom. The van der Waals surface area contributed by atoms with Gasteiger partial charge in [-0.3, -0.25) is 9.10 Å². The lowest BCUT2D eigenvalue weighted by molar-refractivity contribution is -0.114. The second kappa shape index (κ2) is 9.77. The van der Waals surface area contributed by atoms with Crippen LogP contribution in [0.2, 0.25) is 0 Å². The van der Waals surface area contributed by atoms with E-state index in [4.69, 9.17) is 4.74 Å². The predicted molar refractivity (Wildman–Crippen MR) is 122 cm³/mol. The van der Waals surface area contributed by atoms with Crippen LogP contribution in [0, 0.1) is 0 Å². The highest BCUT2D eigenvalue weighted by molar-refractivity contribution is 9.10. The number of hydrogen-bond acceptors (Lipinski definition) is 4. The molecule has 1 amide bonds. The number of hydrogen-bond donors (Lipinski definition) is 1. The zero-order valence-corrected chi connectivity index (χ0v) is 18.7. The molecule has 0 fully saturated rings. The first-order valence-corrected chi connectivity index (χ1v) is 11.8. The van der Waals surface area contributed by atoms with E-state index in [2.05, 4.69) is 21.2 Å². The van der Waals surface area contributed by atoms with Gasteiger partial charge < -0.3 is 10.1 Å². The number of anilines is 2. The third-order valence-corrected chi connectivity index (χ3v) is 5.80. The molecule has 0 aromatic heterocycles. The number of nitrogens with one attached hydrogen (secondary N) is 1. The number of carbonyl (C=O) groups is 1. The fourth-order valence-electron chi connectivity index (χ4n) is 2.75. The normalized spacial score (nSPS) is 11.0. The van der Waals surface area contributed by atoms with E-state index in [1.165, 1.54) is 0 Å². The second-order valence-electron chi connectivity index (χ2n) is 6.60. The third-order valence-electron chi connectivity index (χ3n) is 4.17. The van der Waals surface area contributed by atoms with Crippen molar-refractivity contribution in [3.8, 4) is 5.75 Å². The summed E-state index contributed by atoms with van der Waals surface area (Å²) in [6.07, 6.45) is 1.07. The van der Waals surface area contributed by atoms with Gasteiger partial charge in [-0.1, -0.05) is 52.3 Å². The Labute approximate surface area is 184 Å². The Hall–Kier alpha value is -2.84. The molecule has 0 unspecified atom stereocenters. The van der Waals surface area contributed by atoms with Gasteiger partial charge in [0, 0.05) is 10.2 Å². The number of ether oxygens (including phenoxy) is 1. The molecule has 0 radical (unpaired) electrons. The van der Waals surface area contributed by atoms with Gasteiger partial charge in [0.1, 0.15) is 18.9 Å². The first kappa shape index (κ1) is 21.9. The van der Waals surface area contributed by atoms with Crippen molar-refractivity contribution in [2.24, 2.45) is 0 Å². The van der Waals surface area contributed by atoms with Crippen LogP contribution in [-0.4, -0.2) is 27.1 Å². The van der Waals surface area contributed by atoms with Gasteiger partial charge in [0.2, 0.25) is 15.9 Å². The molecule has 3 rings (SSSR count). The average Bonchev–Trinajstić information content (AvgIpc) is 2.71. The van der Waals surface area contributed by atoms with Crippen molar-refractivity contribution in [3.05, 3.63) is 88.9 Å². The number of benzene rings is 3. The van der Waals surface area contributed by atoms with E-state index in [0.717, 1.165) is 20.6 Å². The Morgan fingerprint density at radius 1 is 1.00 bits per heavy atom. The topological polar surface area (TPSA) is 75.7 Å². The van der Waals surface area contributed by atoms with Crippen LogP contribution < -0.4 is 14.4 Å². The van der Waals surface area contributed by atoms with E-state index in [1.54, 1.807) is 42.5 Å². The summed E-state index contributed by atoms with van der Waals surface area (Å²) in [6.45, 7) is 0.0700. The van der Waals surface area contributed by atoms with E-state index in [9.17, 15) is 13.2 Å². The van der Waals surface area contributed by atoms with E-state index < -0.39 is 15.9 Å². The monoisotopic (exact) mass is 488 g/mol. The van der Waals surface area contributed by atoms with E-state index in [1.807, 2.05) is 36.4 Å². The molecular weight excluding hydrogens is 468 g/mol. The Bertz CT molecular complexity index is 1100. The smallest absolute Gasteiger partial charge is 0.245 e. The lowest BCUT2D eigenvalue weighted by Gasteiger charge is -2.22. The molecule has 1 N–H and O–H groups in total. The van der Waals surface area contributed by atoms with Crippen LogP contribution in [0.1, 0.15) is 5.56 Å². The summed E-state index contributed by atoms with van der Waals surface area (Å²) in [5, 5.41) is 2.71. The van der Waals surface area contributed by atoms with E-state index in [0.29, 0.717) is 23.7 Å². The van der Waals surface area contributed by atoms with E-state index in [-0.39, 0.29) is 6.54 Å². The van der Waals surface area contributed by atoms with Crippen LogP contribution in [0.5, 0.6) is 5.75 Å². The minimum atomic E-state index is -3.66. The molecule has 0 atom stereocenters. The van der Waals surface area contributed by atoms with Crippen LogP contribution in [0.25, 0.3) is 0 Å². The molecule has 3 aromatic rings. The Kier molecular flexibility index (Phi) is 7.12. The van der Waals surface area contributed by atoms with E-state index >= 15 is 0 Å². The van der Waals surface area contributed by atoms with Crippen molar-refractivity contribution >= 4 is 43.2 Å².